The zero-order valence-corrected chi connectivity index (χ0v) is 19.1. The van der Waals surface area contributed by atoms with E-state index in [4.69, 9.17) is 9.47 Å². The number of nitrogens with one attached hydrogen (secondary N) is 1. The van der Waals surface area contributed by atoms with Gasteiger partial charge in [0.05, 0.1) is 18.0 Å². The molecule has 2 bridgehead atoms. The van der Waals surface area contributed by atoms with Crippen LogP contribution in [-0.4, -0.2) is 45.8 Å². The smallest absolute Gasteiger partial charge is 0.258 e. The highest BCUT2D eigenvalue weighted by atomic mass is 16.7. The summed E-state index contributed by atoms with van der Waals surface area (Å²) in [6.45, 7) is 3.71. The van der Waals surface area contributed by atoms with Gasteiger partial charge in [-0.25, -0.2) is 0 Å². The number of carbonyl (C=O) groups is 2. The van der Waals surface area contributed by atoms with Crippen molar-refractivity contribution in [3.05, 3.63) is 63.6 Å². The number of hydrogen-bond acceptors (Lipinski definition) is 6. The second-order valence-corrected chi connectivity index (χ2v) is 8.85. The number of nitrogens with zero attached hydrogens (tertiary/aromatic N) is 2. The minimum atomic E-state index is -0.686. The van der Waals surface area contributed by atoms with Gasteiger partial charge in [-0.15, -0.1) is 0 Å². The van der Waals surface area contributed by atoms with E-state index in [9.17, 15) is 19.5 Å². The number of ether oxygens (including phenoxy) is 2. The molecule has 5 rings (SSSR count). The fourth-order valence-electron chi connectivity index (χ4n) is 5.52. The second-order valence-electron chi connectivity index (χ2n) is 8.85. The minimum absolute atomic E-state index is 0.160. The van der Waals surface area contributed by atoms with Gasteiger partial charge in [-0.2, -0.15) is 0 Å². The number of fused-ring (bicyclic) bond motifs is 5. The van der Waals surface area contributed by atoms with Gasteiger partial charge in [0.25, 0.3) is 5.56 Å². The Hall–Kier alpha value is -3.59. The summed E-state index contributed by atoms with van der Waals surface area (Å²) >= 11 is 0. The maximum atomic E-state index is 13.5. The SMILES string of the molecule is C/C=C/c1ccc2n(c1=O)C[C@@H]1[C@@H](CO)[C@H](C(=O)NCc3ccc4c(c3)OCO4)[C@H]2N1C(C)=O. The first-order chi connectivity index (χ1) is 16.4. The maximum absolute atomic E-state index is 13.5. The lowest BCUT2D eigenvalue weighted by Crippen LogP contribution is -2.48. The normalized spacial score (nSPS) is 24.4. The van der Waals surface area contributed by atoms with Crippen LogP contribution in [0, 0.1) is 11.8 Å². The summed E-state index contributed by atoms with van der Waals surface area (Å²) in [5, 5.41) is 13.2. The van der Waals surface area contributed by atoms with Crippen molar-refractivity contribution >= 4 is 17.9 Å². The minimum Gasteiger partial charge on any atom is -0.454 e. The Labute approximate surface area is 196 Å². The number of rotatable bonds is 5. The van der Waals surface area contributed by atoms with E-state index in [0.717, 1.165) is 5.56 Å². The molecule has 178 valence electrons. The second kappa shape index (κ2) is 8.64. The molecule has 2 aromatic rings. The number of pyridine rings is 1. The van der Waals surface area contributed by atoms with Crippen molar-refractivity contribution in [2.24, 2.45) is 11.8 Å². The average molecular weight is 466 g/mol. The van der Waals surface area contributed by atoms with E-state index in [0.29, 0.717) is 22.8 Å². The molecule has 9 nitrogen and oxygen atoms in total. The van der Waals surface area contributed by atoms with Gasteiger partial charge in [0, 0.05) is 43.8 Å². The molecule has 4 atom stereocenters. The topological polar surface area (TPSA) is 110 Å². The third kappa shape index (κ3) is 3.47. The van der Waals surface area contributed by atoms with Crippen molar-refractivity contribution in [3.63, 3.8) is 0 Å². The number of aromatic nitrogens is 1. The van der Waals surface area contributed by atoms with Gasteiger partial charge < -0.3 is 29.4 Å². The van der Waals surface area contributed by atoms with Crippen LogP contribution in [0.25, 0.3) is 6.08 Å². The molecule has 0 unspecified atom stereocenters. The molecule has 3 aliphatic rings. The number of benzene rings is 1. The van der Waals surface area contributed by atoms with Crippen LogP contribution in [-0.2, 0) is 22.7 Å². The molecule has 0 aliphatic carbocycles. The monoisotopic (exact) mass is 465 g/mol. The lowest BCUT2D eigenvalue weighted by molar-refractivity contribution is -0.134. The summed E-state index contributed by atoms with van der Waals surface area (Å²) in [6.07, 6.45) is 3.54. The molecule has 0 spiro atoms. The molecular formula is C25H27N3O6. The molecule has 2 amide bonds. The molecule has 1 fully saturated rings. The standard InChI is InChI=1S/C25H27N3O6/c1-3-4-16-6-7-18-23-22(17(12-29)19(28(23)14(2)30)11-27(18)25(16)32)24(31)26-10-15-5-8-20-21(9-15)34-13-33-20/h3-9,17,19,22-23,29H,10-13H2,1-2H3,(H,26,31)/b4-3+/t17-,19-,22+,23+/m1/s1. The lowest BCUT2D eigenvalue weighted by Gasteiger charge is -2.37. The highest BCUT2D eigenvalue weighted by Crippen LogP contribution is 2.48. The first-order valence-corrected chi connectivity index (χ1v) is 11.4. The van der Waals surface area contributed by atoms with Gasteiger partial charge in [0.15, 0.2) is 11.5 Å². The molecule has 0 saturated carbocycles. The zero-order chi connectivity index (χ0) is 24.0. The van der Waals surface area contributed by atoms with Gasteiger partial charge in [0.2, 0.25) is 18.6 Å². The van der Waals surface area contributed by atoms with Gasteiger partial charge in [0.1, 0.15) is 0 Å². The van der Waals surface area contributed by atoms with E-state index in [1.807, 2.05) is 25.1 Å². The maximum Gasteiger partial charge on any atom is 0.258 e. The van der Waals surface area contributed by atoms with Gasteiger partial charge in [-0.1, -0.05) is 18.2 Å². The van der Waals surface area contributed by atoms with Crippen molar-refractivity contribution < 1.29 is 24.2 Å². The Morgan fingerprint density at radius 2 is 2.00 bits per heavy atom. The van der Waals surface area contributed by atoms with Crippen LogP contribution >= 0.6 is 0 Å². The Bertz CT molecular complexity index is 1240. The first-order valence-electron chi connectivity index (χ1n) is 11.4. The third-order valence-corrected chi connectivity index (χ3v) is 6.99. The van der Waals surface area contributed by atoms with Crippen LogP contribution in [0.15, 0.2) is 41.2 Å². The van der Waals surface area contributed by atoms with E-state index in [1.54, 1.807) is 33.8 Å². The summed E-state index contributed by atoms with van der Waals surface area (Å²) in [5.41, 5.74) is 1.84. The Morgan fingerprint density at radius 1 is 1.21 bits per heavy atom. The fraction of sp³-hybridized carbons (Fsp3) is 0.400. The summed E-state index contributed by atoms with van der Waals surface area (Å²) in [7, 11) is 0. The highest BCUT2D eigenvalue weighted by Gasteiger charge is 2.56. The molecule has 1 aromatic carbocycles. The summed E-state index contributed by atoms with van der Waals surface area (Å²) < 4.78 is 12.4. The third-order valence-electron chi connectivity index (χ3n) is 6.99. The summed E-state index contributed by atoms with van der Waals surface area (Å²) in [6, 6.07) is 7.93. The van der Waals surface area contributed by atoms with Crippen molar-refractivity contribution in [3.8, 4) is 11.5 Å². The van der Waals surface area contributed by atoms with Crippen LogP contribution in [0.3, 0.4) is 0 Å². The molecule has 34 heavy (non-hydrogen) atoms. The lowest BCUT2D eigenvalue weighted by atomic mass is 9.86. The Balaban J connectivity index is 1.47. The molecule has 1 saturated heterocycles. The predicted molar refractivity (Wildman–Crippen MR) is 123 cm³/mol. The quantitative estimate of drug-likeness (QED) is 0.692. The van der Waals surface area contributed by atoms with E-state index in [-0.39, 0.29) is 43.9 Å². The fourth-order valence-corrected chi connectivity index (χ4v) is 5.52. The Kier molecular flexibility index (Phi) is 5.65. The highest BCUT2D eigenvalue weighted by molar-refractivity contribution is 5.83. The van der Waals surface area contributed by atoms with Gasteiger partial charge in [-0.3, -0.25) is 14.4 Å². The molecule has 0 radical (unpaired) electrons. The summed E-state index contributed by atoms with van der Waals surface area (Å²) in [4.78, 5) is 40.9. The van der Waals surface area contributed by atoms with Crippen LogP contribution in [0.5, 0.6) is 11.5 Å². The predicted octanol–water partition coefficient (Wildman–Crippen LogP) is 1.44. The molecular weight excluding hydrogens is 438 g/mol. The van der Waals surface area contributed by atoms with Crippen LogP contribution in [0.2, 0.25) is 0 Å². The Morgan fingerprint density at radius 3 is 2.74 bits per heavy atom. The number of aliphatic hydroxyl groups is 1. The molecule has 4 heterocycles. The molecule has 3 aliphatic heterocycles. The number of hydrogen-bond donors (Lipinski definition) is 2. The largest absolute Gasteiger partial charge is 0.454 e. The van der Waals surface area contributed by atoms with Crippen LogP contribution < -0.4 is 20.3 Å². The van der Waals surface area contributed by atoms with E-state index < -0.39 is 23.9 Å². The first kappa shape index (κ1) is 22.2. The van der Waals surface area contributed by atoms with Crippen molar-refractivity contribution in [2.75, 3.05) is 13.4 Å². The molecule has 2 N–H and O–H groups in total. The number of amides is 2. The van der Waals surface area contributed by atoms with E-state index in [2.05, 4.69) is 5.32 Å². The number of aliphatic hydroxyl groups excluding tert-OH is 1. The molecule has 9 heteroatoms. The van der Waals surface area contributed by atoms with E-state index >= 15 is 0 Å². The van der Waals surface area contributed by atoms with Crippen molar-refractivity contribution in [2.45, 2.75) is 39.0 Å². The van der Waals surface area contributed by atoms with Crippen molar-refractivity contribution in [1.29, 1.82) is 0 Å². The zero-order valence-electron chi connectivity index (χ0n) is 19.1. The number of allylic oxidation sites excluding steroid dienone is 1. The summed E-state index contributed by atoms with van der Waals surface area (Å²) in [5.74, 6) is -0.338. The van der Waals surface area contributed by atoms with Crippen LogP contribution in [0.1, 0.15) is 36.7 Å². The van der Waals surface area contributed by atoms with Crippen molar-refractivity contribution in [1.82, 2.24) is 14.8 Å². The van der Waals surface area contributed by atoms with Gasteiger partial charge in [-0.05, 0) is 36.8 Å². The van der Waals surface area contributed by atoms with Gasteiger partial charge >= 0.3 is 0 Å². The average Bonchev–Trinajstić information content (AvgIpc) is 3.39. The van der Waals surface area contributed by atoms with E-state index in [1.165, 1.54) is 6.92 Å². The molecule has 1 aromatic heterocycles. The number of carbonyl (C=O) groups excluding carboxylic acids is 2. The van der Waals surface area contributed by atoms with Crippen LogP contribution in [0.4, 0.5) is 0 Å².